The highest BCUT2D eigenvalue weighted by Gasteiger charge is 2.23. The van der Waals surface area contributed by atoms with E-state index in [2.05, 4.69) is 41.5 Å². The molecule has 208 valence electrons. The van der Waals surface area contributed by atoms with Crippen LogP contribution in [0.5, 0.6) is 5.88 Å². The first-order valence-corrected chi connectivity index (χ1v) is 15.0. The molecule has 1 aliphatic rings. The summed E-state index contributed by atoms with van der Waals surface area (Å²) in [5.41, 5.74) is 9.23. The van der Waals surface area contributed by atoms with Crippen LogP contribution < -0.4 is 15.2 Å². The second-order valence-corrected chi connectivity index (χ2v) is 12.7. The van der Waals surface area contributed by atoms with Gasteiger partial charge in [-0.1, -0.05) is 57.9 Å². The van der Waals surface area contributed by atoms with Gasteiger partial charge in [-0.2, -0.15) is 4.98 Å². The van der Waals surface area contributed by atoms with Gasteiger partial charge < -0.3 is 10.5 Å². The number of aromatic nitrogens is 2. The number of nitrogens with one attached hydrogen (secondary N) is 1. The molecular weight excluding hydrogens is 512 g/mol. The molecule has 0 aliphatic heterocycles. The fourth-order valence-corrected chi connectivity index (χ4v) is 5.83. The van der Waals surface area contributed by atoms with Crippen molar-refractivity contribution in [3.05, 3.63) is 65.2 Å². The summed E-state index contributed by atoms with van der Waals surface area (Å²) in [5.74, 6) is 1.10. The summed E-state index contributed by atoms with van der Waals surface area (Å²) in [7, 11) is -4.10. The molecule has 0 unspecified atom stereocenters. The Balaban J connectivity index is 1.71. The molecule has 1 amide bonds. The number of rotatable bonds is 13. The number of benzene rings is 2. The molecule has 1 aliphatic carbocycles. The van der Waals surface area contributed by atoms with Crippen LogP contribution in [0.15, 0.2) is 53.4 Å². The highest BCUT2D eigenvalue weighted by molar-refractivity contribution is 7.92. The Kier molecular flexibility index (Phi) is 8.90. The number of carbonyl (C=O) groups is 1. The Morgan fingerprint density at radius 3 is 2.54 bits per heavy atom. The van der Waals surface area contributed by atoms with Crippen LogP contribution in [0.3, 0.4) is 0 Å². The summed E-state index contributed by atoms with van der Waals surface area (Å²) < 4.78 is 35.1. The fraction of sp³-hybridized carbons (Fsp3) is 0.433. The maximum atomic E-state index is 13.3. The van der Waals surface area contributed by atoms with Crippen molar-refractivity contribution in [3.63, 3.8) is 0 Å². The average Bonchev–Trinajstić information content (AvgIpc) is 3.70. The third-order valence-electron chi connectivity index (χ3n) is 6.88. The maximum absolute atomic E-state index is 13.3. The summed E-state index contributed by atoms with van der Waals surface area (Å²) in [6, 6.07) is 13.5. The van der Waals surface area contributed by atoms with E-state index in [1.165, 1.54) is 42.7 Å². The van der Waals surface area contributed by atoms with Gasteiger partial charge in [0.1, 0.15) is 0 Å². The normalized spacial score (nSPS) is 14.3. The lowest BCUT2D eigenvalue weighted by atomic mass is 9.95. The molecule has 0 radical (unpaired) electrons. The molecule has 1 saturated carbocycles. The summed E-state index contributed by atoms with van der Waals surface area (Å²) in [6.45, 7) is 8.93. The Hall–Kier alpha value is -3.46. The van der Waals surface area contributed by atoms with Gasteiger partial charge in [0.15, 0.2) is 0 Å². The lowest BCUT2D eigenvalue weighted by molar-refractivity contribution is 0.1000. The molecule has 4 rings (SSSR count). The molecule has 3 N–H and O–H groups in total. The van der Waals surface area contributed by atoms with Gasteiger partial charge in [0.2, 0.25) is 17.7 Å². The molecule has 1 fully saturated rings. The first-order chi connectivity index (χ1) is 18.5. The average molecular weight is 551 g/mol. The van der Waals surface area contributed by atoms with Crippen molar-refractivity contribution < 1.29 is 17.9 Å². The van der Waals surface area contributed by atoms with E-state index >= 15 is 0 Å². The van der Waals surface area contributed by atoms with Gasteiger partial charge in [0, 0.05) is 17.2 Å². The van der Waals surface area contributed by atoms with Gasteiger partial charge in [0.25, 0.3) is 10.0 Å². The van der Waals surface area contributed by atoms with Crippen LogP contribution in [0.1, 0.15) is 67.9 Å². The van der Waals surface area contributed by atoms with Crippen molar-refractivity contribution in [3.8, 4) is 17.1 Å². The van der Waals surface area contributed by atoms with Gasteiger partial charge in [-0.15, -0.1) is 0 Å². The van der Waals surface area contributed by atoms with Crippen LogP contribution in [-0.2, 0) is 16.4 Å². The quantitative estimate of drug-likeness (QED) is 0.279. The van der Waals surface area contributed by atoms with Crippen LogP contribution in [0, 0.1) is 24.7 Å². The van der Waals surface area contributed by atoms with E-state index in [4.69, 9.17) is 10.5 Å². The van der Waals surface area contributed by atoms with E-state index in [9.17, 15) is 13.2 Å². The van der Waals surface area contributed by atoms with Crippen molar-refractivity contribution in [2.45, 2.75) is 64.7 Å². The van der Waals surface area contributed by atoms with Gasteiger partial charge in [-0.05, 0) is 73.3 Å². The summed E-state index contributed by atoms with van der Waals surface area (Å²) in [5, 5.41) is 0. The minimum atomic E-state index is -4.10. The standard InChI is InChI=1S/C30H38N4O4S/c1-19(2)15-20(3)18-38-27-17-26(28-21(4)7-5-8-23(28)14-13-22-11-12-22)32-30(33-27)34-39(36,37)25-10-6-9-24(16-25)29(31)35/h5-10,16-17,19-20,22H,11-15,18H2,1-4H3,(H2,31,35)(H,32,33,34)/t20-/m1/s1. The number of ether oxygens (including phenoxy) is 1. The zero-order chi connectivity index (χ0) is 28.2. The second kappa shape index (κ2) is 12.2. The molecule has 3 aromatic rings. The van der Waals surface area contributed by atoms with Crippen molar-refractivity contribution in [1.82, 2.24) is 9.97 Å². The van der Waals surface area contributed by atoms with Gasteiger partial charge >= 0.3 is 0 Å². The molecule has 0 saturated heterocycles. The lowest BCUT2D eigenvalue weighted by Crippen LogP contribution is -2.18. The zero-order valence-electron chi connectivity index (χ0n) is 23.1. The fourth-order valence-electron chi connectivity index (χ4n) is 4.84. The summed E-state index contributed by atoms with van der Waals surface area (Å²) in [6.07, 6.45) is 5.60. The number of carbonyl (C=O) groups excluding carboxylic acids is 1. The number of sulfonamides is 1. The minimum Gasteiger partial charge on any atom is -0.477 e. The SMILES string of the molecule is Cc1cccc(CCC2CC2)c1-c1cc(OC[C@H](C)CC(C)C)nc(NS(=O)(=O)c2cccc(C(N)=O)c2)n1. The van der Waals surface area contributed by atoms with E-state index in [-0.39, 0.29) is 16.4 Å². The van der Waals surface area contributed by atoms with Crippen molar-refractivity contribution >= 4 is 21.9 Å². The van der Waals surface area contributed by atoms with Crippen LogP contribution in [0.25, 0.3) is 11.3 Å². The van der Waals surface area contributed by atoms with Gasteiger partial charge in [-0.3, -0.25) is 4.79 Å². The van der Waals surface area contributed by atoms with E-state index in [1.54, 1.807) is 6.07 Å². The number of hydrogen-bond acceptors (Lipinski definition) is 6. The van der Waals surface area contributed by atoms with Crippen LogP contribution in [-0.4, -0.2) is 30.9 Å². The first-order valence-electron chi connectivity index (χ1n) is 13.5. The third kappa shape index (κ3) is 7.79. The molecule has 8 nitrogen and oxygen atoms in total. The largest absolute Gasteiger partial charge is 0.477 e. The van der Waals surface area contributed by atoms with E-state index in [1.807, 2.05) is 19.1 Å². The smallest absolute Gasteiger partial charge is 0.264 e. The van der Waals surface area contributed by atoms with Crippen LogP contribution in [0.4, 0.5) is 5.95 Å². The van der Waals surface area contributed by atoms with Crippen LogP contribution >= 0.6 is 0 Å². The highest BCUT2D eigenvalue weighted by Crippen LogP contribution is 2.36. The molecule has 1 atom stereocenters. The summed E-state index contributed by atoms with van der Waals surface area (Å²) >= 11 is 0. The molecular formula is C30H38N4O4S. The molecule has 39 heavy (non-hydrogen) atoms. The predicted molar refractivity (Wildman–Crippen MR) is 153 cm³/mol. The third-order valence-corrected chi connectivity index (χ3v) is 8.21. The molecule has 0 spiro atoms. The Morgan fingerprint density at radius 2 is 1.85 bits per heavy atom. The number of aryl methyl sites for hydroxylation is 2. The van der Waals surface area contributed by atoms with Gasteiger partial charge in [0.05, 0.1) is 17.2 Å². The maximum Gasteiger partial charge on any atom is 0.264 e. The van der Waals surface area contributed by atoms with Gasteiger partial charge in [-0.25, -0.2) is 18.1 Å². The molecule has 0 bridgehead atoms. The van der Waals surface area contributed by atoms with E-state index < -0.39 is 15.9 Å². The minimum absolute atomic E-state index is 0.0934. The van der Waals surface area contributed by atoms with E-state index in [0.717, 1.165) is 36.3 Å². The second-order valence-electron chi connectivity index (χ2n) is 11.0. The highest BCUT2D eigenvalue weighted by atomic mass is 32.2. The number of hydrogen-bond donors (Lipinski definition) is 2. The monoisotopic (exact) mass is 550 g/mol. The first kappa shape index (κ1) is 28.5. The molecule has 1 heterocycles. The Labute approximate surface area is 231 Å². The van der Waals surface area contributed by atoms with Crippen molar-refractivity contribution in [1.29, 1.82) is 0 Å². The number of amides is 1. The molecule has 1 aromatic heterocycles. The molecule has 9 heteroatoms. The number of nitrogens with zero attached hydrogens (tertiary/aromatic N) is 2. The van der Waals surface area contributed by atoms with Crippen molar-refractivity contribution in [2.24, 2.45) is 23.5 Å². The lowest BCUT2D eigenvalue weighted by Gasteiger charge is -2.17. The predicted octanol–water partition coefficient (Wildman–Crippen LogP) is 5.76. The number of nitrogens with two attached hydrogens (primary N) is 1. The zero-order valence-corrected chi connectivity index (χ0v) is 23.9. The topological polar surface area (TPSA) is 124 Å². The Bertz CT molecular complexity index is 1430. The van der Waals surface area contributed by atoms with Crippen molar-refractivity contribution in [2.75, 3.05) is 11.3 Å². The number of anilines is 1. The van der Waals surface area contributed by atoms with Crippen LogP contribution in [0.2, 0.25) is 0 Å². The number of primary amides is 1. The van der Waals surface area contributed by atoms with E-state index in [0.29, 0.717) is 30.0 Å². The summed E-state index contributed by atoms with van der Waals surface area (Å²) in [4.78, 5) is 20.5. The molecule has 2 aromatic carbocycles. The Morgan fingerprint density at radius 1 is 1.10 bits per heavy atom.